The first-order chi connectivity index (χ1) is 6.27. The van der Waals surface area contributed by atoms with Crippen LogP contribution in [0.2, 0.25) is 0 Å². The van der Waals surface area contributed by atoms with Gasteiger partial charge in [-0.15, -0.1) is 12.6 Å². The minimum atomic E-state index is -0.0941. The zero-order chi connectivity index (χ0) is 9.26. The summed E-state index contributed by atoms with van der Waals surface area (Å²) < 4.78 is 5.36. The highest BCUT2D eigenvalue weighted by Gasteiger charge is 2.15. The second-order valence-electron chi connectivity index (χ2n) is 2.78. The molecule has 0 unspecified atom stereocenters. The van der Waals surface area contributed by atoms with Gasteiger partial charge in [-0.05, 0) is 18.2 Å². The van der Waals surface area contributed by atoms with Crippen molar-refractivity contribution in [2.75, 3.05) is 13.2 Å². The van der Waals surface area contributed by atoms with Crippen molar-refractivity contribution in [1.82, 2.24) is 5.32 Å². The lowest BCUT2D eigenvalue weighted by atomic mass is 10.2. The molecule has 1 aliphatic rings. The molecular weight excluding hydrogens is 186 g/mol. The standard InChI is InChI=1S/C9H9NO2S/c11-9-7-5-6(13)1-2-8(7)12-4-3-10-9/h1-2,5,13H,3-4H2,(H,10,11). The summed E-state index contributed by atoms with van der Waals surface area (Å²) in [6, 6.07) is 5.28. The van der Waals surface area contributed by atoms with Crippen molar-refractivity contribution < 1.29 is 9.53 Å². The van der Waals surface area contributed by atoms with Gasteiger partial charge in [-0.25, -0.2) is 0 Å². The number of carbonyl (C=O) groups is 1. The Morgan fingerprint density at radius 2 is 2.31 bits per heavy atom. The second kappa shape index (κ2) is 3.30. The van der Waals surface area contributed by atoms with Crippen LogP contribution in [0.15, 0.2) is 23.1 Å². The number of thiol groups is 1. The van der Waals surface area contributed by atoms with Crippen molar-refractivity contribution in [2.24, 2.45) is 0 Å². The predicted molar refractivity (Wildman–Crippen MR) is 51.5 cm³/mol. The van der Waals surface area contributed by atoms with Gasteiger partial charge in [0.1, 0.15) is 12.4 Å². The van der Waals surface area contributed by atoms with Crippen LogP contribution in [0, 0.1) is 0 Å². The van der Waals surface area contributed by atoms with E-state index in [1.54, 1.807) is 18.2 Å². The molecule has 0 saturated carbocycles. The van der Waals surface area contributed by atoms with Crippen LogP contribution in [0.1, 0.15) is 10.4 Å². The van der Waals surface area contributed by atoms with Crippen LogP contribution in [0.4, 0.5) is 0 Å². The van der Waals surface area contributed by atoms with Crippen molar-refractivity contribution in [1.29, 1.82) is 0 Å². The molecule has 0 aromatic heterocycles. The van der Waals surface area contributed by atoms with E-state index in [0.29, 0.717) is 24.5 Å². The van der Waals surface area contributed by atoms with E-state index in [-0.39, 0.29) is 5.91 Å². The lowest BCUT2D eigenvalue weighted by molar-refractivity contribution is 0.0957. The van der Waals surface area contributed by atoms with Crippen molar-refractivity contribution in [3.63, 3.8) is 0 Å². The van der Waals surface area contributed by atoms with Gasteiger partial charge < -0.3 is 10.1 Å². The molecule has 0 atom stereocenters. The quantitative estimate of drug-likeness (QED) is 0.608. The first kappa shape index (κ1) is 8.44. The fraction of sp³-hybridized carbons (Fsp3) is 0.222. The molecule has 1 N–H and O–H groups in total. The van der Waals surface area contributed by atoms with Crippen LogP contribution in [0.3, 0.4) is 0 Å². The number of hydrogen-bond acceptors (Lipinski definition) is 3. The third-order valence-electron chi connectivity index (χ3n) is 1.85. The Labute approximate surface area is 81.5 Å². The van der Waals surface area contributed by atoms with Crippen LogP contribution in [-0.4, -0.2) is 19.1 Å². The third-order valence-corrected chi connectivity index (χ3v) is 2.13. The Morgan fingerprint density at radius 1 is 1.46 bits per heavy atom. The first-order valence-corrected chi connectivity index (χ1v) is 4.46. The van der Waals surface area contributed by atoms with Gasteiger partial charge in [-0.2, -0.15) is 0 Å². The molecule has 13 heavy (non-hydrogen) atoms. The van der Waals surface area contributed by atoms with Gasteiger partial charge in [-0.3, -0.25) is 4.79 Å². The Bertz CT molecular complexity index is 351. The molecule has 1 aliphatic heterocycles. The molecule has 0 aliphatic carbocycles. The number of nitrogens with one attached hydrogen (secondary N) is 1. The number of amides is 1. The number of fused-ring (bicyclic) bond motifs is 1. The highest BCUT2D eigenvalue weighted by molar-refractivity contribution is 7.80. The zero-order valence-electron chi connectivity index (χ0n) is 6.91. The van der Waals surface area contributed by atoms with E-state index in [2.05, 4.69) is 17.9 Å². The Morgan fingerprint density at radius 3 is 3.15 bits per heavy atom. The summed E-state index contributed by atoms with van der Waals surface area (Å²) in [7, 11) is 0. The van der Waals surface area contributed by atoms with E-state index in [0.717, 1.165) is 4.90 Å². The molecule has 1 amide bonds. The number of benzene rings is 1. The molecule has 3 nitrogen and oxygen atoms in total. The molecule has 0 radical (unpaired) electrons. The molecule has 0 saturated heterocycles. The summed E-state index contributed by atoms with van der Waals surface area (Å²) in [4.78, 5) is 12.2. The van der Waals surface area contributed by atoms with Gasteiger partial charge in [-0.1, -0.05) is 0 Å². The largest absolute Gasteiger partial charge is 0.491 e. The SMILES string of the molecule is O=C1NCCOc2ccc(S)cc21. The van der Waals surface area contributed by atoms with E-state index in [9.17, 15) is 4.79 Å². The molecule has 0 bridgehead atoms. The smallest absolute Gasteiger partial charge is 0.255 e. The minimum absolute atomic E-state index is 0.0941. The Hall–Kier alpha value is -1.16. The lowest BCUT2D eigenvalue weighted by Gasteiger charge is -2.04. The number of carbonyl (C=O) groups excluding carboxylic acids is 1. The van der Waals surface area contributed by atoms with Gasteiger partial charge in [0.2, 0.25) is 0 Å². The highest BCUT2D eigenvalue weighted by atomic mass is 32.1. The molecule has 1 aromatic carbocycles. The van der Waals surface area contributed by atoms with E-state index in [1.807, 2.05) is 0 Å². The average Bonchev–Trinajstić information content (AvgIpc) is 2.29. The molecule has 1 heterocycles. The molecular formula is C9H9NO2S. The van der Waals surface area contributed by atoms with Crippen molar-refractivity contribution >= 4 is 18.5 Å². The molecule has 68 valence electrons. The number of ether oxygens (including phenoxy) is 1. The van der Waals surface area contributed by atoms with Crippen molar-refractivity contribution in [2.45, 2.75) is 4.90 Å². The Kier molecular flexibility index (Phi) is 2.14. The van der Waals surface area contributed by atoms with Crippen LogP contribution in [-0.2, 0) is 0 Å². The van der Waals surface area contributed by atoms with Gasteiger partial charge in [0.15, 0.2) is 0 Å². The van der Waals surface area contributed by atoms with Crippen LogP contribution >= 0.6 is 12.6 Å². The molecule has 0 fully saturated rings. The minimum Gasteiger partial charge on any atom is -0.491 e. The molecule has 1 aromatic rings. The monoisotopic (exact) mass is 195 g/mol. The van der Waals surface area contributed by atoms with Crippen LogP contribution < -0.4 is 10.1 Å². The summed E-state index contributed by atoms with van der Waals surface area (Å²) in [6.45, 7) is 1.07. The maximum absolute atomic E-state index is 11.4. The molecule has 4 heteroatoms. The van der Waals surface area contributed by atoms with E-state index < -0.39 is 0 Å². The average molecular weight is 195 g/mol. The summed E-state index contributed by atoms with van der Waals surface area (Å²) in [5, 5.41) is 2.73. The van der Waals surface area contributed by atoms with Gasteiger partial charge in [0.25, 0.3) is 5.91 Å². The topological polar surface area (TPSA) is 38.3 Å². The summed E-state index contributed by atoms with van der Waals surface area (Å²) in [5.74, 6) is 0.538. The fourth-order valence-electron chi connectivity index (χ4n) is 1.24. The number of rotatable bonds is 0. The van der Waals surface area contributed by atoms with Crippen LogP contribution in [0.5, 0.6) is 5.75 Å². The van der Waals surface area contributed by atoms with E-state index in [1.165, 1.54) is 0 Å². The maximum Gasteiger partial charge on any atom is 0.255 e. The van der Waals surface area contributed by atoms with E-state index in [4.69, 9.17) is 4.74 Å². The highest BCUT2D eigenvalue weighted by Crippen LogP contribution is 2.22. The zero-order valence-corrected chi connectivity index (χ0v) is 7.80. The van der Waals surface area contributed by atoms with Gasteiger partial charge >= 0.3 is 0 Å². The second-order valence-corrected chi connectivity index (χ2v) is 3.30. The maximum atomic E-state index is 11.4. The summed E-state index contributed by atoms with van der Waals surface area (Å²) in [5.41, 5.74) is 0.560. The summed E-state index contributed by atoms with van der Waals surface area (Å²) in [6.07, 6.45) is 0. The Balaban J connectivity index is 2.49. The summed E-state index contributed by atoms with van der Waals surface area (Å²) >= 11 is 4.16. The van der Waals surface area contributed by atoms with Crippen LogP contribution in [0.25, 0.3) is 0 Å². The number of hydrogen-bond donors (Lipinski definition) is 2. The fourth-order valence-corrected chi connectivity index (χ4v) is 1.45. The lowest BCUT2D eigenvalue weighted by Crippen LogP contribution is -2.24. The normalized spacial score (nSPS) is 15.3. The molecule has 0 spiro atoms. The molecule has 2 rings (SSSR count). The third kappa shape index (κ3) is 1.62. The van der Waals surface area contributed by atoms with Gasteiger partial charge in [0, 0.05) is 4.90 Å². The first-order valence-electron chi connectivity index (χ1n) is 4.01. The van der Waals surface area contributed by atoms with Gasteiger partial charge in [0.05, 0.1) is 12.1 Å². The van der Waals surface area contributed by atoms with Crippen molar-refractivity contribution in [3.05, 3.63) is 23.8 Å². The predicted octanol–water partition coefficient (Wildman–Crippen LogP) is 1.10. The van der Waals surface area contributed by atoms with Crippen molar-refractivity contribution in [3.8, 4) is 5.75 Å². The van der Waals surface area contributed by atoms with E-state index >= 15 is 0 Å².